The summed E-state index contributed by atoms with van der Waals surface area (Å²) in [5.41, 5.74) is 18.6. The molecule has 0 radical (unpaired) electrons. The lowest BCUT2D eigenvalue weighted by Gasteiger charge is -2.22. The number of carbonyl (C=O) groups excluding carboxylic acids is 12. The number of aliphatic carboxylic acids is 4. The predicted molar refractivity (Wildman–Crippen MR) is 507 cm³/mol. The third-order valence-corrected chi connectivity index (χ3v) is 22.8. The van der Waals surface area contributed by atoms with Gasteiger partial charge < -0.3 is 31.1 Å². The molecule has 4 aliphatic heterocycles. The van der Waals surface area contributed by atoms with E-state index in [4.69, 9.17) is 20.4 Å². The largest absolute Gasteiger partial charge is 0.478 e. The summed E-state index contributed by atoms with van der Waals surface area (Å²) in [5.74, 6) is -11.4. The first kappa shape index (κ1) is 92.0. The Labute approximate surface area is 776 Å². The molecule has 0 unspecified atom stereocenters. The van der Waals surface area contributed by atoms with Crippen molar-refractivity contribution in [2.75, 3.05) is 30.2 Å². The molecule has 0 spiro atoms. The quantitative estimate of drug-likeness (QED) is 0.0130. The molecule has 6 N–H and O–H groups in total. The van der Waals surface area contributed by atoms with Crippen LogP contribution in [0.1, 0.15) is 102 Å². The summed E-state index contributed by atoms with van der Waals surface area (Å²) in [6.45, 7) is 0. The maximum absolute atomic E-state index is 12.4. The summed E-state index contributed by atoms with van der Waals surface area (Å²) >= 11 is 0. The molecule has 4 heterocycles. The van der Waals surface area contributed by atoms with E-state index in [1.807, 2.05) is 218 Å². The van der Waals surface area contributed by atoms with Gasteiger partial charge in [-0.15, -0.1) is 0 Å². The van der Waals surface area contributed by atoms with Gasteiger partial charge in [-0.05, 0) is 185 Å². The number of carboxylic acids is 4. The third-order valence-electron chi connectivity index (χ3n) is 22.8. The van der Waals surface area contributed by atoms with Crippen molar-refractivity contribution in [1.29, 1.82) is 0 Å². The van der Waals surface area contributed by atoms with Gasteiger partial charge in [0.2, 0.25) is 11.8 Å². The minimum absolute atomic E-state index is 0.0189. The Morgan fingerprint density at radius 3 is 0.559 bits per heavy atom. The minimum atomic E-state index is -1.25. The zero-order valence-electron chi connectivity index (χ0n) is 71.8. The molecule has 4 aliphatic rings. The summed E-state index contributed by atoms with van der Waals surface area (Å²) in [5, 5.41) is 40.9. The lowest BCUT2D eigenvalue weighted by Crippen LogP contribution is -2.29. The number of ketones is 2. The maximum Gasteiger partial charge on any atom is 0.328 e. The smallest absolute Gasteiger partial charge is 0.328 e. The molecule has 12 aromatic rings. The predicted octanol–water partition coefficient (Wildman–Crippen LogP) is 15.8. The first-order valence-electron chi connectivity index (χ1n) is 42.4. The van der Waals surface area contributed by atoms with Crippen LogP contribution in [0.4, 0.5) is 34.1 Å². The highest BCUT2D eigenvalue weighted by Gasteiger charge is 2.32. The molecular formula is C110H78N6O20. The fourth-order valence-corrected chi connectivity index (χ4v) is 16.3. The Morgan fingerprint density at radius 1 is 0.213 bits per heavy atom. The molecule has 668 valence electrons. The number of amides is 10. The van der Waals surface area contributed by atoms with Crippen LogP contribution >= 0.6 is 0 Å². The Hall–Kier alpha value is -18.7. The van der Waals surface area contributed by atoms with Gasteiger partial charge in [0.1, 0.15) is 0 Å². The van der Waals surface area contributed by atoms with Crippen molar-refractivity contribution in [2.45, 2.75) is 36.5 Å². The van der Waals surface area contributed by atoms with Crippen molar-refractivity contribution in [3.05, 3.63) is 466 Å². The molecule has 0 saturated heterocycles. The van der Waals surface area contributed by atoms with Gasteiger partial charge in [-0.3, -0.25) is 57.5 Å². The van der Waals surface area contributed by atoms with Gasteiger partial charge in [-0.2, -0.15) is 0 Å². The number of nitrogens with zero attached hydrogens (tertiary/aromatic N) is 4. The summed E-state index contributed by atoms with van der Waals surface area (Å²) in [6.07, 6.45) is 17.0. The van der Waals surface area contributed by atoms with Crippen LogP contribution in [-0.2, 0) is 89.6 Å². The molecule has 136 heavy (non-hydrogen) atoms. The molecule has 0 saturated carbocycles. The monoisotopic (exact) mass is 1800 g/mol. The number of hydrogen-bond acceptors (Lipinski definition) is 16. The summed E-state index contributed by atoms with van der Waals surface area (Å²) in [7, 11) is 0. The Kier molecular flexibility index (Phi) is 28.0. The van der Waals surface area contributed by atoms with E-state index in [-0.39, 0.29) is 48.1 Å². The average molecular weight is 1800 g/mol. The number of anilines is 6. The SMILES string of the molecule is O=C(O)/C=C/C(=O)Cc1ccc(C(c2ccc(CC(=O)/C=C/C(=O)O)cc2)c2ccc(-c3ccc(C(c4ccc(NC(=O)/C=C/C(=O)O)cc4)c4ccc(NC(=O)/C=C/C(=O)O)cc4)cc3)cc2)cc1.O=C1C=CC(=O)N1c1ccc(C(c2ccc(-c3ccc(C(c4ccc(N5C(=O)C=CC5=O)cc4)c4ccc(N5C(=O)C=CC5=O)cc4)cc3)cc2)c2ccc(N3C(=O)C=CC3=O)cc2)cc1. The molecular weight excluding hydrogens is 1730 g/mol. The minimum Gasteiger partial charge on any atom is -0.478 e. The second kappa shape index (κ2) is 41.4. The second-order valence-electron chi connectivity index (χ2n) is 31.6. The fraction of sp³-hybridized carbons (Fsp3) is 0.0545. The zero-order chi connectivity index (χ0) is 95.8. The van der Waals surface area contributed by atoms with Crippen molar-refractivity contribution in [3.63, 3.8) is 0 Å². The second-order valence-corrected chi connectivity index (χ2v) is 31.6. The molecule has 16 rings (SSSR count). The molecule has 26 heteroatoms. The van der Waals surface area contributed by atoms with Gasteiger partial charge in [0.25, 0.3) is 47.3 Å². The third kappa shape index (κ3) is 22.1. The van der Waals surface area contributed by atoms with Gasteiger partial charge in [0.15, 0.2) is 11.6 Å². The highest BCUT2D eigenvalue weighted by atomic mass is 16.4. The van der Waals surface area contributed by atoms with Crippen molar-refractivity contribution in [3.8, 4) is 22.3 Å². The molecule has 0 atom stereocenters. The van der Waals surface area contributed by atoms with Crippen LogP contribution in [-0.4, -0.2) is 115 Å². The Bertz CT molecular complexity index is 6210. The highest BCUT2D eigenvalue weighted by Crippen LogP contribution is 2.42. The molecule has 12 aromatic carbocycles. The van der Waals surface area contributed by atoms with Crippen LogP contribution in [0.25, 0.3) is 22.3 Å². The topological polar surface area (TPSA) is 391 Å². The number of carboxylic acid groups (broad SMARTS) is 4. The lowest BCUT2D eigenvalue weighted by molar-refractivity contribution is -0.132. The molecule has 0 aromatic heterocycles. The zero-order valence-corrected chi connectivity index (χ0v) is 71.8. The summed E-state index contributed by atoms with van der Waals surface area (Å²) in [6, 6.07) is 90.3. The van der Waals surface area contributed by atoms with Gasteiger partial charge in [-0.25, -0.2) is 38.8 Å². The van der Waals surface area contributed by atoms with Gasteiger partial charge >= 0.3 is 23.9 Å². The van der Waals surface area contributed by atoms with Crippen LogP contribution in [0.15, 0.2) is 388 Å². The standard InChI is InChI=1S/C56H44N2O12.C54H34N4O8/c59-47(25-29-51(63)64)33-35-1-5-39(6-2-35)55(40-7-3-36(4-8-40)34-48(60)26-30-52(65)66)41-13-9-37(10-14-41)38-11-15-42(16-12-38)56(43-17-21-45(22-18-43)57-49(61)27-31-53(67)68)44-19-23-46(24-20-44)58-50(62)28-32-54(69)70;59-45-25-26-46(60)55(45)41-17-9-37(10-18-41)53(38-11-19-42(20-12-38)56-47(61)27-28-48(56)62)35-5-1-33(2-6-35)34-3-7-36(8-4-34)54(39-13-21-43(22-14-39)57-49(63)29-30-50(57)64)40-15-23-44(24-16-40)58-51(65)31-32-52(58)66/h1-32,55-56H,33-34H2,(H,57,61)(H,58,62)(H,63,64)(H,65,66)(H,67,68)(H,69,70);1-32,53-54H/b29-25+,30-26+,31-27+,32-28+;. The number of imide groups is 4. The van der Waals surface area contributed by atoms with E-state index in [1.54, 1.807) is 72.8 Å². The number of nitrogens with one attached hydrogen (secondary N) is 2. The number of hydrogen-bond donors (Lipinski definition) is 6. The number of allylic oxidation sites excluding steroid dienone is 2. The normalized spacial score (nSPS) is 13.5. The van der Waals surface area contributed by atoms with E-state index in [0.717, 1.165) is 157 Å². The molecule has 10 amide bonds. The van der Waals surface area contributed by atoms with E-state index in [2.05, 4.69) is 10.6 Å². The molecule has 0 bridgehead atoms. The van der Waals surface area contributed by atoms with Crippen molar-refractivity contribution in [1.82, 2.24) is 0 Å². The molecule has 0 fully saturated rings. The van der Waals surface area contributed by atoms with Crippen molar-refractivity contribution >= 4 is 129 Å². The first-order chi connectivity index (χ1) is 65.6. The fourth-order valence-electron chi connectivity index (χ4n) is 16.3. The average Bonchev–Trinajstić information content (AvgIpc) is 1.58. The van der Waals surface area contributed by atoms with Crippen LogP contribution < -0.4 is 30.2 Å². The number of benzene rings is 12. The van der Waals surface area contributed by atoms with Crippen LogP contribution in [0.2, 0.25) is 0 Å². The maximum atomic E-state index is 12.4. The van der Waals surface area contributed by atoms with Crippen molar-refractivity contribution in [2.24, 2.45) is 0 Å². The lowest BCUT2D eigenvalue weighted by atomic mass is 9.83. The van der Waals surface area contributed by atoms with E-state index in [9.17, 15) is 76.7 Å². The summed E-state index contributed by atoms with van der Waals surface area (Å²) in [4.78, 5) is 197. The van der Waals surface area contributed by atoms with Crippen LogP contribution in [0.3, 0.4) is 0 Å². The summed E-state index contributed by atoms with van der Waals surface area (Å²) < 4.78 is 0. The molecule has 26 nitrogen and oxygen atoms in total. The van der Waals surface area contributed by atoms with E-state index < -0.39 is 82.9 Å². The van der Waals surface area contributed by atoms with E-state index in [1.165, 1.54) is 48.6 Å². The van der Waals surface area contributed by atoms with E-state index >= 15 is 0 Å². The highest BCUT2D eigenvalue weighted by molar-refractivity contribution is 6.30. The number of rotatable bonds is 32. The molecule has 0 aliphatic carbocycles. The van der Waals surface area contributed by atoms with Gasteiger partial charge in [0, 0.05) is 133 Å². The first-order valence-corrected chi connectivity index (χ1v) is 42.4. The Balaban J connectivity index is 0.000000207. The van der Waals surface area contributed by atoms with E-state index in [0.29, 0.717) is 45.3 Å². The Morgan fingerprint density at radius 2 is 0.375 bits per heavy atom. The van der Waals surface area contributed by atoms with Gasteiger partial charge in [-0.1, -0.05) is 218 Å². The number of carbonyl (C=O) groups is 16. The van der Waals surface area contributed by atoms with Crippen LogP contribution in [0, 0.1) is 0 Å². The van der Waals surface area contributed by atoms with Gasteiger partial charge in [0.05, 0.1) is 22.7 Å². The van der Waals surface area contributed by atoms with Crippen LogP contribution in [0.5, 0.6) is 0 Å². The van der Waals surface area contributed by atoms with Crippen molar-refractivity contribution < 1.29 is 97.1 Å².